The molecular formula is C21H33N3O3. The second-order valence-corrected chi connectivity index (χ2v) is 8.56. The molecule has 0 unspecified atom stereocenters. The SMILES string of the molecule is CN(C)C(=O)COc1ccc(NC(=O)N[C@H]2CCCC[C@@H]2C(C)(C)C)cc1. The highest BCUT2D eigenvalue weighted by Gasteiger charge is 2.34. The van der Waals surface area contributed by atoms with Gasteiger partial charge in [0, 0.05) is 25.8 Å². The Bertz CT molecular complexity index is 635. The number of anilines is 1. The fourth-order valence-corrected chi connectivity index (χ4v) is 3.58. The summed E-state index contributed by atoms with van der Waals surface area (Å²) in [6.45, 7) is 6.73. The molecule has 27 heavy (non-hydrogen) atoms. The maximum atomic E-state index is 12.4. The fraction of sp³-hybridized carbons (Fsp3) is 0.619. The molecule has 0 spiro atoms. The Labute approximate surface area is 162 Å². The van der Waals surface area contributed by atoms with E-state index in [0.29, 0.717) is 17.4 Å². The number of hydrogen-bond donors (Lipinski definition) is 2. The first-order valence-electron chi connectivity index (χ1n) is 9.67. The molecular weight excluding hydrogens is 342 g/mol. The minimum absolute atomic E-state index is 0.00384. The van der Waals surface area contributed by atoms with Gasteiger partial charge in [0.05, 0.1) is 0 Å². The quantitative estimate of drug-likeness (QED) is 0.820. The van der Waals surface area contributed by atoms with E-state index in [1.165, 1.54) is 11.3 Å². The van der Waals surface area contributed by atoms with Crippen LogP contribution in [-0.4, -0.2) is 43.6 Å². The van der Waals surface area contributed by atoms with Crippen molar-refractivity contribution in [1.29, 1.82) is 0 Å². The molecule has 0 saturated heterocycles. The van der Waals surface area contributed by atoms with Gasteiger partial charge in [-0.3, -0.25) is 4.79 Å². The highest BCUT2D eigenvalue weighted by molar-refractivity contribution is 5.89. The summed E-state index contributed by atoms with van der Waals surface area (Å²) in [5.74, 6) is 0.982. The predicted octanol–water partition coefficient (Wildman–Crippen LogP) is 3.88. The van der Waals surface area contributed by atoms with Crippen LogP contribution in [0.3, 0.4) is 0 Å². The molecule has 2 rings (SSSR count). The van der Waals surface area contributed by atoms with Crippen molar-refractivity contribution in [3.05, 3.63) is 24.3 Å². The maximum Gasteiger partial charge on any atom is 0.319 e. The summed E-state index contributed by atoms with van der Waals surface area (Å²) in [4.78, 5) is 25.5. The zero-order valence-corrected chi connectivity index (χ0v) is 17.2. The number of likely N-dealkylation sites (N-methyl/N-ethyl adjacent to an activating group) is 1. The van der Waals surface area contributed by atoms with Gasteiger partial charge in [0.2, 0.25) is 0 Å². The van der Waals surface area contributed by atoms with Crippen LogP contribution in [0.5, 0.6) is 5.75 Å². The lowest BCUT2D eigenvalue weighted by molar-refractivity contribution is -0.130. The van der Waals surface area contributed by atoms with Gasteiger partial charge in [-0.05, 0) is 48.4 Å². The average molecular weight is 376 g/mol. The summed E-state index contributed by atoms with van der Waals surface area (Å²) < 4.78 is 5.44. The molecule has 6 heteroatoms. The number of ether oxygens (including phenoxy) is 1. The van der Waals surface area contributed by atoms with E-state index in [1.807, 2.05) is 0 Å². The van der Waals surface area contributed by atoms with Gasteiger partial charge in [0.25, 0.3) is 5.91 Å². The summed E-state index contributed by atoms with van der Waals surface area (Å²) in [5.41, 5.74) is 0.878. The Balaban J connectivity index is 1.87. The second-order valence-electron chi connectivity index (χ2n) is 8.56. The van der Waals surface area contributed by atoms with Crippen molar-refractivity contribution < 1.29 is 14.3 Å². The fourth-order valence-electron chi connectivity index (χ4n) is 3.58. The summed E-state index contributed by atoms with van der Waals surface area (Å²) in [7, 11) is 3.38. The lowest BCUT2D eigenvalue weighted by Crippen LogP contribution is -2.48. The molecule has 2 N–H and O–H groups in total. The average Bonchev–Trinajstić information content (AvgIpc) is 2.60. The van der Waals surface area contributed by atoms with E-state index in [-0.39, 0.29) is 30.0 Å². The number of benzene rings is 1. The highest BCUT2D eigenvalue weighted by atomic mass is 16.5. The van der Waals surface area contributed by atoms with Crippen LogP contribution in [0.15, 0.2) is 24.3 Å². The van der Waals surface area contributed by atoms with Crippen LogP contribution in [0, 0.1) is 11.3 Å². The standard InChI is InChI=1S/C21H33N3O3/c1-21(2,3)17-8-6-7-9-18(17)23-20(26)22-15-10-12-16(13-11-15)27-14-19(25)24(4)5/h10-13,17-18H,6-9,14H2,1-5H3,(H2,22,23,26)/t17-,18-/m0/s1. The van der Waals surface area contributed by atoms with Crippen LogP contribution >= 0.6 is 0 Å². The molecule has 0 aromatic heterocycles. The van der Waals surface area contributed by atoms with Crippen molar-refractivity contribution in [2.75, 3.05) is 26.0 Å². The van der Waals surface area contributed by atoms with E-state index < -0.39 is 0 Å². The molecule has 3 amide bonds. The number of urea groups is 1. The van der Waals surface area contributed by atoms with Crippen molar-refractivity contribution in [3.63, 3.8) is 0 Å². The third-order valence-corrected chi connectivity index (χ3v) is 5.17. The van der Waals surface area contributed by atoms with Crippen molar-refractivity contribution in [1.82, 2.24) is 10.2 Å². The second kappa shape index (κ2) is 9.11. The molecule has 0 heterocycles. The molecule has 1 fully saturated rings. The normalized spacial score (nSPS) is 19.9. The van der Waals surface area contributed by atoms with Crippen LogP contribution in [-0.2, 0) is 4.79 Å². The topological polar surface area (TPSA) is 70.7 Å². The first-order chi connectivity index (χ1) is 12.7. The smallest absolute Gasteiger partial charge is 0.319 e. The number of rotatable bonds is 5. The number of carbonyl (C=O) groups excluding carboxylic acids is 2. The Morgan fingerprint density at radius 1 is 1.11 bits per heavy atom. The van der Waals surface area contributed by atoms with Gasteiger partial charge in [-0.1, -0.05) is 33.6 Å². The number of amides is 3. The molecule has 6 nitrogen and oxygen atoms in total. The summed E-state index contributed by atoms with van der Waals surface area (Å²) in [6.07, 6.45) is 4.59. The van der Waals surface area contributed by atoms with Crippen LogP contribution < -0.4 is 15.4 Å². The minimum atomic E-state index is -0.174. The molecule has 1 aliphatic rings. The van der Waals surface area contributed by atoms with Crippen molar-refractivity contribution in [2.45, 2.75) is 52.5 Å². The number of nitrogens with one attached hydrogen (secondary N) is 2. The van der Waals surface area contributed by atoms with Crippen molar-refractivity contribution in [2.24, 2.45) is 11.3 Å². The first kappa shape index (κ1) is 21.1. The number of hydrogen-bond acceptors (Lipinski definition) is 3. The third-order valence-electron chi connectivity index (χ3n) is 5.17. The van der Waals surface area contributed by atoms with Crippen LogP contribution in [0.4, 0.5) is 10.5 Å². The van der Waals surface area contributed by atoms with Crippen LogP contribution in [0.2, 0.25) is 0 Å². The van der Waals surface area contributed by atoms with Gasteiger partial charge < -0.3 is 20.3 Å². The van der Waals surface area contributed by atoms with Crippen LogP contribution in [0.25, 0.3) is 0 Å². The molecule has 0 bridgehead atoms. The van der Waals surface area contributed by atoms with E-state index in [0.717, 1.165) is 19.3 Å². The Kier molecular flexibility index (Phi) is 7.11. The van der Waals surface area contributed by atoms with E-state index in [4.69, 9.17) is 4.74 Å². The van der Waals surface area contributed by atoms with Gasteiger partial charge in [0.1, 0.15) is 5.75 Å². The summed E-state index contributed by atoms with van der Waals surface area (Å²) in [6, 6.07) is 7.08. The van der Waals surface area contributed by atoms with Gasteiger partial charge in [-0.15, -0.1) is 0 Å². The Morgan fingerprint density at radius 2 is 1.74 bits per heavy atom. The Morgan fingerprint density at radius 3 is 2.33 bits per heavy atom. The van der Waals surface area contributed by atoms with E-state index >= 15 is 0 Å². The molecule has 1 aliphatic carbocycles. The lowest BCUT2D eigenvalue weighted by Gasteiger charge is -2.40. The molecule has 1 saturated carbocycles. The van der Waals surface area contributed by atoms with Crippen LogP contribution in [0.1, 0.15) is 46.5 Å². The van der Waals surface area contributed by atoms with Gasteiger partial charge >= 0.3 is 6.03 Å². The zero-order chi connectivity index (χ0) is 20.0. The van der Waals surface area contributed by atoms with Gasteiger partial charge in [0.15, 0.2) is 6.61 Å². The molecule has 0 radical (unpaired) electrons. The molecule has 1 aromatic carbocycles. The van der Waals surface area contributed by atoms with Crippen molar-refractivity contribution in [3.8, 4) is 5.75 Å². The summed E-state index contributed by atoms with van der Waals surface area (Å²) >= 11 is 0. The van der Waals surface area contributed by atoms with Gasteiger partial charge in [-0.25, -0.2) is 4.79 Å². The third kappa shape index (κ3) is 6.45. The molecule has 0 aliphatic heterocycles. The zero-order valence-electron chi connectivity index (χ0n) is 17.2. The minimum Gasteiger partial charge on any atom is -0.484 e. The number of carbonyl (C=O) groups is 2. The monoisotopic (exact) mass is 375 g/mol. The maximum absolute atomic E-state index is 12.4. The molecule has 1 aromatic rings. The summed E-state index contributed by atoms with van der Waals surface area (Å²) in [5, 5.41) is 6.05. The highest BCUT2D eigenvalue weighted by Crippen LogP contribution is 2.38. The van der Waals surface area contributed by atoms with Gasteiger partial charge in [-0.2, -0.15) is 0 Å². The lowest BCUT2D eigenvalue weighted by atomic mass is 9.69. The predicted molar refractivity (Wildman–Crippen MR) is 108 cm³/mol. The van der Waals surface area contributed by atoms with Crippen molar-refractivity contribution >= 4 is 17.6 Å². The first-order valence-corrected chi connectivity index (χ1v) is 9.67. The number of nitrogens with zero attached hydrogens (tertiary/aromatic N) is 1. The largest absolute Gasteiger partial charge is 0.484 e. The molecule has 2 atom stereocenters. The Hall–Kier alpha value is -2.24. The molecule has 150 valence electrons. The van der Waals surface area contributed by atoms with E-state index in [9.17, 15) is 9.59 Å². The van der Waals surface area contributed by atoms with E-state index in [2.05, 4.69) is 31.4 Å². The van der Waals surface area contributed by atoms with E-state index in [1.54, 1.807) is 38.4 Å².